The molecule has 0 fully saturated rings. The van der Waals surface area contributed by atoms with Gasteiger partial charge in [0.2, 0.25) is 5.88 Å². The Bertz CT molecular complexity index is 602. The third-order valence-corrected chi connectivity index (χ3v) is 3.71. The summed E-state index contributed by atoms with van der Waals surface area (Å²) in [4.78, 5) is 4.08. The SMILES string of the molecule is COc1ncc(-c2ccc(Cl)c(Cl)c2Cl)cc1N. The molecule has 1 aromatic carbocycles. The van der Waals surface area contributed by atoms with Crippen LogP contribution in [0.5, 0.6) is 5.88 Å². The smallest absolute Gasteiger partial charge is 0.236 e. The van der Waals surface area contributed by atoms with E-state index in [1.165, 1.54) is 7.11 Å². The van der Waals surface area contributed by atoms with E-state index in [-0.39, 0.29) is 0 Å². The summed E-state index contributed by atoms with van der Waals surface area (Å²) in [6.07, 6.45) is 1.61. The van der Waals surface area contributed by atoms with Gasteiger partial charge in [-0.1, -0.05) is 40.9 Å². The summed E-state index contributed by atoms with van der Waals surface area (Å²) in [5.41, 5.74) is 7.69. The molecule has 0 radical (unpaired) electrons. The van der Waals surface area contributed by atoms with Crippen molar-refractivity contribution >= 4 is 40.5 Å². The van der Waals surface area contributed by atoms with Crippen LogP contribution in [-0.4, -0.2) is 12.1 Å². The number of nitrogens with two attached hydrogens (primary N) is 1. The minimum Gasteiger partial charge on any atom is -0.480 e. The molecule has 0 spiro atoms. The lowest BCUT2D eigenvalue weighted by molar-refractivity contribution is 0.400. The van der Waals surface area contributed by atoms with Gasteiger partial charge in [0.05, 0.1) is 27.9 Å². The average molecular weight is 304 g/mol. The monoisotopic (exact) mass is 302 g/mol. The highest BCUT2D eigenvalue weighted by Crippen LogP contribution is 2.38. The normalized spacial score (nSPS) is 10.4. The molecule has 0 saturated heterocycles. The maximum absolute atomic E-state index is 6.14. The molecular weight excluding hydrogens is 295 g/mol. The summed E-state index contributed by atoms with van der Waals surface area (Å²) in [5.74, 6) is 0.370. The summed E-state index contributed by atoms with van der Waals surface area (Å²) < 4.78 is 4.99. The third kappa shape index (κ3) is 2.34. The number of benzene rings is 1. The van der Waals surface area contributed by atoms with Gasteiger partial charge in [-0.25, -0.2) is 4.98 Å². The number of nitrogens with zero attached hydrogens (tertiary/aromatic N) is 1. The maximum Gasteiger partial charge on any atom is 0.236 e. The summed E-state index contributed by atoms with van der Waals surface area (Å²) in [6.45, 7) is 0. The molecule has 0 aliphatic carbocycles. The summed E-state index contributed by atoms with van der Waals surface area (Å²) >= 11 is 18.0. The van der Waals surface area contributed by atoms with Gasteiger partial charge in [0.25, 0.3) is 0 Å². The Morgan fingerprint density at radius 2 is 1.89 bits per heavy atom. The van der Waals surface area contributed by atoms with E-state index in [4.69, 9.17) is 45.3 Å². The van der Waals surface area contributed by atoms with Crippen LogP contribution < -0.4 is 10.5 Å². The van der Waals surface area contributed by atoms with Gasteiger partial charge in [-0.15, -0.1) is 0 Å². The van der Waals surface area contributed by atoms with Crippen molar-refractivity contribution in [3.05, 3.63) is 39.5 Å². The maximum atomic E-state index is 6.14. The first-order valence-corrected chi connectivity index (χ1v) is 6.11. The fourth-order valence-electron chi connectivity index (χ4n) is 1.54. The first-order valence-electron chi connectivity index (χ1n) is 4.98. The highest BCUT2D eigenvalue weighted by Gasteiger charge is 2.12. The fraction of sp³-hybridized carbons (Fsp3) is 0.0833. The number of methoxy groups -OCH3 is 1. The number of nitrogen functional groups attached to an aromatic ring is 1. The molecule has 0 aliphatic heterocycles. The van der Waals surface area contributed by atoms with E-state index in [9.17, 15) is 0 Å². The van der Waals surface area contributed by atoms with Gasteiger partial charge in [0.1, 0.15) is 0 Å². The Hall–Kier alpha value is -1.16. The van der Waals surface area contributed by atoms with E-state index in [1.807, 2.05) is 0 Å². The van der Waals surface area contributed by atoms with Gasteiger partial charge in [-0.05, 0) is 12.1 Å². The highest BCUT2D eigenvalue weighted by atomic mass is 35.5. The number of pyridine rings is 1. The van der Waals surface area contributed by atoms with E-state index in [1.54, 1.807) is 24.4 Å². The number of hydrogen-bond donors (Lipinski definition) is 1. The fourth-order valence-corrected chi connectivity index (χ4v) is 2.18. The predicted molar refractivity (Wildman–Crippen MR) is 75.7 cm³/mol. The van der Waals surface area contributed by atoms with Crippen LogP contribution in [-0.2, 0) is 0 Å². The van der Waals surface area contributed by atoms with Crippen LogP contribution in [0.1, 0.15) is 0 Å². The summed E-state index contributed by atoms with van der Waals surface area (Å²) in [6, 6.07) is 5.16. The minimum atomic E-state index is 0.310. The number of rotatable bonds is 2. The topological polar surface area (TPSA) is 48.1 Å². The van der Waals surface area contributed by atoms with Gasteiger partial charge in [-0.3, -0.25) is 0 Å². The first-order chi connectivity index (χ1) is 8.54. The standard InChI is InChI=1S/C12H9Cl3N2O/c1-18-12-9(16)4-6(5-17-12)7-2-3-8(13)11(15)10(7)14/h2-5H,16H2,1H3. The highest BCUT2D eigenvalue weighted by molar-refractivity contribution is 6.49. The van der Waals surface area contributed by atoms with E-state index in [0.29, 0.717) is 32.2 Å². The van der Waals surface area contributed by atoms with Gasteiger partial charge in [-0.2, -0.15) is 0 Å². The van der Waals surface area contributed by atoms with Crippen molar-refractivity contribution in [2.45, 2.75) is 0 Å². The molecule has 0 unspecified atom stereocenters. The molecule has 2 aromatic rings. The summed E-state index contributed by atoms with van der Waals surface area (Å²) in [7, 11) is 1.50. The van der Waals surface area contributed by atoms with Crippen LogP contribution in [0.15, 0.2) is 24.4 Å². The van der Waals surface area contributed by atoms with Crippen LogP contribution in [0.4, 0.5) is 5.69 Å². The van der Waals surface area contributed by atoms with E-state index >= 15 is 0 Å². The average Bonchev–Trinajstić information content (AvgIpc) is 2.36. The largest absolute Gasteiger partial charge is 0.480 e. The molecule has 0 atom stereocenters. The van der Waals surface area contributed by atoms with E-state index in [0.717, 1.165) is 5.56 Å². The quantitative estimate of drug-likeness (QED) is 0.841. The Balaban J connectivity index is 2.56. The van der Waals surface area contributed by atoms with Crippen molar-refractivity contribution < 1.29 is 4.74 Å². The zero-order chi connectivity index (χ0) is 13.3. The molecule has 1 aromatic heterocycles. The molecule has 2 N–H and O–H groups in total. The van der Waals surface area contributed by atoms with Crippen LogP contribution >= 0.6 is 34.8 Å². The molecule has 94 valence electrons. The van der Waals surface area contributed by atoms with Crippen LogP contribution in [0.3, 0.4) is 0 Å². The lowest BCUT2D eigenvalue weighted by atomic mass is 10.1. The lowest BCUT2D eigenvalue weighted by Crippen LogP contribution is -1.96. The lowest BCUT2D eigenvalue weighted by Gasteiger charge is -2.09. The second kappa shape index (κ2) is 5.22. The van der Waals surface area contributed by atoms with Gasteiger partial charge >= 0.3 is 0 Å². The zero-order valence-corrected chi connectivity index (χ0v) is 11.6. The molecular formula is C12H9Cl3N2O. The number of halogens is 3. The Kier molecular flexibility index (Phi) is 3.85. The van der Waals surface area contributed by atoms with Crippen molar-refractivity contribution in [3.63, 3.8) is 0 Å². The molecule has 0 bridgehead atoms. The van der Waals surface area contributed by atoms with Crippen molar-refractivity contribution in [1.82, 2.24) is 4.98 Å². The van der Waals surface area contributed by atoms with E-state index in [2.05, 4.69) is 4.98 Å². The zero-order valence-electron chi connectivity index (χ0n) is 9.38. The second-order valence-electron chi connectivity index (χ2n) is 3.55. The summed E-state index contributed by atoms with van der Waals surface area (Å²) in [5, 5.41) is 1.08. The molecule has 1 heterocycles. The first kappa shape index (κ1) is 13.3. The van der Waals surface area contributed by atoms with Crippen LogP contribution in [0, 0.1) is 0 Å². The van der Waals surface area contributed by atoms with Gasteiger partial charge in [0.15, 0.2) is 0 Å². The number of ether oxygens (including phenoxy) is 1. The van der Waals surface area contributed by atoms with Crippen molar-refractivity contribution in [3.8, 4) is 17.0 Å². The van der Waals surface area contributed by atoms with Crippen LogP contribution in [0.25, 0.3) is 11.1 Å². The van der Waals surface area contributed by atoms with Crippen molar-refractivity contribution in [2.24, 2.45) is 0 Å². The molecule has 0 aliphatic rings. The Morgan fingerprint density at radius 1 is 1.17 bits per heavy atom. The molecule has 3 nitrogen and oxygen atoms in total. The van der Waals surface area contributed by atoms with Gasteiger partial charge in [0, 0.05) is 17.3 Å². The van der Waals surface area contributed by atoms with E-state index < -0.39 is 0 Å². The molecule has 2 rings (SSSR count). The number of aromatic nitrogens is 1. The minimum absolute atomic E-state index is 0.310. The Labute approximate surface area is 119 Å². The Morgan fingerprint density at radius 3 is 2.50 bits per heavy atom. The third-order valence-electron chi connectivity index (χ3n) is 2.42. The van der Waals surface area contributed by atoms with Gasteiger partial charge < -0.3 is 10.5 Å². The second-order valence-corrected chi connectivity index (χ2v) is 4.71. The predicted octanol–water partition coefficient (Wildman–Crippen LogP) is 4.30. The number of hydrogen-bond acceptors (Lipinski definition) is 3. The molecule has 0 amide bonds. The molecule has 18 heavy (non-hydrogen) atoms. The van der Waals surface area contributed by atoms with Crippen molar-refractivity contribution in [1.29, 1.82) is 0 Å². The molecule has 6 heteroatoms. The number of anilines is 1. The molecule has 0 saturated carbocycles. The van der Waals surface area contributed by atoms with Crippen LogP contribution in [0.2, 0.25) is 15.1 Å². The van der Waals surface area contributed by atoms with Crippen molar-refractivity contribution in [2.75, 3.05) is 12.8 Å².